The number of rotatable bonds is 2. The SMILES string of the molecule is CC1=C(C)C(=O)OC([C@](C)(O)[C@]2(O)CC[C@@]3(O)C4C[C@H]5O[C@]56[C@@H](O)C=CC(=O)[C@]6(C)C4CC[C@]23C)C1. The molecule has 0 aromatic rings. The number of esters is 1. The van der Waals surface area contributed by atoms with Gasteiger partial charge in [-0.2, -0.15) is 0 Å². The van der Waals surface area contributed by atoms with Crippen LogP contribution in [0.3, 0.4) is 0 Å². The lowest BCUT2D eigenvalue weighted by Crippen LogP contribution is -2.73. The maximum absolute atomic E-state index is 13.3. The first-order valence-corrected chi connectivity index (χ1v) is 13.2. The zero-order valence-electron chi connectivity index (χ0n) is 21.7. The van der Waals surface area contributed by atoms with Gasteiger partial charge < -0.3 is 29.9 Å². The van der Waals surface area contributed by atoms with Crippen molar-refractivity contribution in [3.8, 4) is 0 Å². The third-order valence-electron chi connectivity index (χ3n) is 12.1. The van der Waals surface area contributed by atoms with E-state index in [1.54, 1.807) is 6.92 Å². The summed E-state index contributed by atoms with van der Waals surface area (Å²) in [4.78, 5) is 25.8. The molecular formula is C28H38O8. The van der Waals surface area contributed by atoms with Gasteiger partial charge in [0.05, 0.1) is 17.1 Å². The van der Waals surface area contributed by atoms with E-state index in [4.69, 9.17) is 9.47 Å². The summed E-state index contributed by atoms with van der Waals surface area (Å²) in [5.74, 6) is -1.19. The highest BCUT2D eigenvalue weighted by Crippen LogP contribution is 2.75. The lowest BCUT2D eigenvalue weighted by Gasteiger charge is -2.63. The van der Waals surface area contributed by atoms with E-state index >= 15 is 0 Å². The van der Waals surface area contributed by atoms with E-state index in [1.807, 2.05) is 20.8 Å². The van der Waals surface area contributed by atoms with Crippen LogP contribution in [0.4, 0.5) is 0 Å². The van der Waals surface area contributed by atoms with Crippen molar-refractivity contribution in [1.82, 2.24) is 0 Å². The van der Waals surface area contributed by atoms with Crippen molar-refractivity contribution in [2.24, 2.45) is 22.7 Å². The van der Waals surface area contributed by atoms with Gasteiger partial charge in [-0.15, -0.1) is 0 Å². The molecule has 4 N–H and O–H groups in total. The molecule has 3 unspecified atom stereocenters. The molecule has 2 heterocycles. The topological polar surface area (TPSA) is 137 Å². The molecule has 1 spiro atoms. The van der Waals surface area contributed by atoms with Gasteiger partial charge in [-0.05, 0) is 83.8 Å². The predicted molar refractivity (Wildman–Crippen MR) is 127 cm³/mol. The molecule has 36 heavy (non-hydrogen) atoms. The number of carbonyl (C=O) groups is 2. The molecule has 4 aliphatic carbocycles. The largest absolute Gasteiger partial charge is 0.455 e. The van der Waals surface area contributed by atoms with E-state index in [-0.39, 0.29) is 36.6 Å². The van der Waals surface area contributed by atoms with Gasteiger partial charge in [-0.1, -0.05) is 12.5 Å². The molecule has 198 valence electrons. The fourth-order valence-electron chi connectivity index (χ4n) is 9.42. The van der Waals surface area contributed by atoms with Crippen molar-refractivity contribution in [2.75, 3.05) is 0 Å². The lowest BCUT2D eigenvalue weighted by atomic mass is 9.42. The van der Waals surface area contributed by atoms with Crippen molar-refractivity contribution in [3.63, 3.8) is 0 Å². The monoisotopic (exact) mass is 502 g/mol. The third kappa shape index (κ3) is 2.40. The van der Waals surface area contributed by atoms with Gasteiger partial charge >= 0.3 is 5.97 Å². The summed E-state index contributed by atoms with van der Waals surface area (Å²) in [6.45, 7) is 8.73. The van der Waals surface area contributed by atoms with Crippen LogP contribution >= 0.6 is 0 Å². The van der Waals surface area contributed by atoms with Crippen molar-refractivity contribution in [3.05, 3.63) is 23.3 Å². The molecule has 11 atom stereocenters. The number of hydrogen-bond acceptors (Lipinski definition) is 8. The molecule has 6 rings (SSSR count). The summed E-state index contributed by atoms with van der Waals surface area (Å²) in [5, 5.41) is 47.5. The summed E-state index contributed by atoms with van der Waals surface area (Å²) >= 11 is 0. The van der Waals surface area contributed by atoms with Gasteiger partial charge in [-0.3, -0.25) is 4.79 Å². The van der Waals surface area contributed by atoms with Crippen LogP contribution < -0.4 is 0 Å². The van der Waals surface area contributed by atoms with E-state index in [0.717, 1.165) is 5.57 Å². The third-order valence-corrected chi connectivity index (χ3v) is 12.1. The summed E-state index contributed by atoms with van der Waals surface area (Å²) < 4.78 is 11.7. The minimum Gasteiger partial charge on any atom is -0.455 e. The van der Waals surface area contributed by atoms with Crippen LogP contribution in [0.2, 0.25) is 0 Å². The second-order valence-corrected chi connectivity index (χ2v) is 13.0. The predicted octanol–water partition coefficient (Wildman–Crippen LogP) is 1.73. The molecule has 0 aromatic carbocycles. The summed E-state index contributed by atoms with van der Waals surface area (Å²) in [7, 11) is 0. The maximum Gasteiger partial charge on any atom is 0.334 e. The molecule has 0 amide bonds. The Hall–Kier alpha value is -1.58. The molecule has 6 aliphatic rings. The fourth-order valence-corrected chi connectivity index (χ4v) is 9.42. The second kappa shape index (κ2) is 6.89. The van der Waals surface area contributed by atoms with Crippen LogP contribution in [0.25, 0.3) is 0 Å². The number of ether oxygens (including phenoxy) is 2. The number of aliphatic hydroxyl groups is 4. The number of epoxide rings is 1. The molecule has 1 saturated heterocycles. The van der Waals surface area contributed by atoms with Gasteiger partial charge in [0, 0.05) is 17.4 Å². The van der Waals surface area contributed by atoms with Crippen LogP contribution in [0.1, 0.15) is 73.1 Å². The van der Waals surface area contributed by atoms with E-state index in [1.165, 1.54) is 19.1 Å². The average molecular weight is 503 g/mol. The number of hydrogen-bond donors (Lipinski definition) is 4. The number of aliphatic hydroxyl groups excluding tert-OH is 1. The minimum atomic E-state index is -1.81. The highest BCUT2D eigenvalue weighted by Gasteiger charge is 2.84. The minimum absolute atomic E-state index is 0.0933. The smallest absolute Gasteiger partial charge is 0.334 e. The molecule has 4 fully saturated rings. The lowest BCUT2D eigenvalue weighted by molar-refractivity contribution is -0.283. The van der Waals surface area contributed by atoms with E-state index in [0.29, 0.717) is 31.3 Å². The molecular weight excluding hydrogens is 464 g/mol. The van der Waals surface area contributed by atoms with E-state index in [2.05, 4.69) is 0 Å². The Morgan fingerprint density at radius 3 is 2.44 bits per heavy atom. The van der Waals surface area contributed by atoms with Crippen molar-refractivity contribution < 1.29 is 39.5 Å². The highest BCUT2D eigenvalue weighted by atomic mass is 16.6. The molecule has 0 bridgehead atoms. The molecule has 0 radical (unpaired) electrons. The van der Waals surface area contributed by atoms with E-state index in [9.17, 15) is 30.0 Å². The number of cyclic esters (lactones) is 1. The Morgan fingerprint density at radius 2 is 1.78 bits per heavy atom. The van der Waals surface area contributed by atoms with Crippen LogP contribution in [0.5, 0.6) is 0 Å². The van der Waals surface area contributed by atoms with Crippen LogP contribution in [0.15, 0.2) is 23.3 Å². The summed E-state index contributed by atoms with van der Waals surface area (Å²) in [6.07, 6.45) is 2.84. The number of fused-ring (bicyclic) bond motifs is 4. The molecule has 2 aliphatic heterocycles. The van der Waals surface area contributed by atoms with Gasteiger partial charge in [-0.25, -0.2) is 4.79 Å². The molecule has 8 heteroatoms. The maximum atomic E-state index is 13.3. The summed E-state index contributed by atoms with van der Waals surface area (Å²) in [6, 6.07) is 0. The van der Waals surface area contributed by atoms with Gasteiger partial charge in [0.15, 0.2) is 5.78 Å². The van der Waals surface area contributed by atoms with Gasteiger partial charge in [0.25, 0.3) is 0 Å². The summed E-state index contributed by atoms with van der Waals surface area (Å²) in [5.41, 5.74) is -6.64. The number of allylic oxidation sites excluding steroid dienone is 1. The normalized spacial score (nSPS) is 55.2. The van der Waals surface area contributed by atoms with Gasteiger partial charge in [0.2, 0.25) is 0 Å². The number of carbonyl (C=O) groups excluding carboxylic acids is 2. The second-order valence-electron chi connectivity index (χ2n) is 13.0. The number of ketones is 1. The van der Waals surface area contributed by atoms with Crippen LogP contribution in [-0.2, 0) is 19.1 Å². The van der Waals surface area contributed by atoms with Crippen LogP contribution in [-0.4, -0.2) is 72.9 Å². The van der Waals surface area contributed by atoms with Crippen molar-refractivity contribution in [1.29, 1.82) is 0 Å². The fraction of sp³-hybridized carbons (Fsp3) is 0.786. The van der Waals surface area contributed by atoms with Crippen molar-refractivity contribution >= 4 is 11.8 Å². The Kier molecular flexibility index (Phi) is 4.73. The molecule has 3 saturated carbocycles. The standard InChI is InChI=1S/C28H38O8/c1-14-12-20(35-22(31)15(14)2)25(5,32)27(34)11-10-26(33)17-13-21-28(36-21)19(30)7-6-18(29)24(28,4)16(17)8-9-23(26,27)3/h6-7,16-17,19-21,30,32-34H,8-13H2,1-5H3/t16?,17?,19-,20?,21+,23-,24-,25-,26+,27-,28+/m0/s1. The van der Waals surface area contributed by atoms with E-state index < -0.39 is 51.4 Å². The van der Waals surface area contributed by atoms with Crippen LogP contribution in [0, 0.1) is 22.7 Å². The Labute approximate surface area is 211 Å². The first-order chi connectivity index (χ1) is 16.6. The zero-order chi connectivity index (χ0) is 26.3. The molecule has 0 aromatic heterocycles. The Morgan fingerprint density at radius 1 is 1.08 bits per heavy atom. The quantitative estimate of drug-likeness (QED) is 0.331. The average Bonchev–Trinajstić information content (AvgIpc) is 3.51. The Balaban J connectivity index is 1.39. The zero-order valence-corrected chi connectivity index (χ0v) is 21.7. The van der Waals surface area contributed by atoms with Crippen molar-refractivity contribution in [2.45, 2.75) is 114 Å². The molecule has 8 nitrogen and oxygen atoms in total. The first-order valence-electron chi connectivity index (χ1n) is 13.2. The Bertz CT molecular complexity index is 1120. The highest BCUT2D eigenvalue weighted by molar-refractivity contribution is 5.98. The van der Waals surface area contributed by atoms with Gasteiger partial charge in [0.1, 0.15) is 29.0 Å². The first kappa shape index (κ1) is 24.7.